The maximum Gasteiger partial charge on any atom is 0.223 e. The second-order valence-electron chi connectivity index (χ2n) is 10.9. The van der Waals surface area contributed by atoms with Gasteiger partial charge in [0.05, 0.1) is 0 Å². The number of rotatable bonds is 8. The van der Waals surface area contributed by atoms with Crippen molar-refractivity contribution in [2.24, 2.45) is 29.6 Å². The van der Waals surface area contributed by atoms with Crippen LogP contribution in [0.25, 0.3) is 0 Å². The van der Waals surface area contributed by atoms with Crippen molar-refractivity contribution in [3.05, 3.63) is 47.5 Å². The summed E-state index contributed by atoms with van der Waals surface area (Å²) in [5, 5.41) is 3.21. The Labute approximate surface area is 211 Å². The summed E-state index contributed by atoms with van der Waals surface area (Å²) in [5.41, 5.74) is 2.40. The van der Waals surface area contributed by atoms with Gasteiger partial charge in [0, 0.05) is 52.5 Å². The van der Waals surface area contributed by atoms with Gasteiger partial charge >= 0.3 is 0 Å². The minimum atomic E-state index is -0.0118. The Morgan fingerprint density at radius 3 is 2.37 bits per heavy atom. The molecule has 0 bridgehead atoms. The number of nitrogens with zero attached hydrogens (tertiary/aromatic N) is 2. The predicted molar refractivity (Wildman–Crippen MR) is 139 cm³/mol. The molecule has 3 amide bonds. The van der Waals surface area contributed by atoms with Crippen LogP contribution >= 0.6 is 0 Å². The van der Waals surface area contributed by atoms with Crippen LogP contribution < -0.4 is 5.32 Å². The van der Waals surface area contributed by atoms with Gasteiger partial charge in [0.15, 0.2) is 0 Å². The summed E-state index contributed by atoms with van der Waals surface area (Å²) < 4.78 is 0. The van der Waals surface area contributed by atoms with Crippen LogP contribution in [0.15, 0.2) is 42.0 Å². The lowest BCUT2D eigenvalue weighted by Crippen LogP contribution is -2.44. The third-order valence-corrected chi connectivity index (χ3v) is 8.02. The van der Waals surface area contributed by atoms with Gasteiger partial charge in [0.25, 0.3) is 0 Å². The van der Waals surface area contributed by atoms with E-state index in [1.54, 1.807) is 6.92 Å². The summed E-state index contributed by atoms with van der Waals surface area (Å²) in [5.74, 6) is 1.79. The molecule has 3 unspecified atom stereocenters. The lowest BCUT2D eigenvalue weighted by atomic mass is 9.69. The summed E-state index contributed by atoms with van der Waals surface area (Å²) >= 11 is 0. The molecule has 1 aliphatic heterocycles. The third-order valence-electron chi connectivity index (χ3n) is 8.02. The van der Waals surface area contributed by atoms with Crippen LogP contribution in [0.2, 0.25) is 0 Å². The lowest BCUT2D eigenvalue weighted by Gasteiger charge is -2.38. The lowest BCUT2D eigenvalue weighted by molar-refractivity contribution is -0.134. The van der Waals surface area contributed by atoms with Crippen LogP contribution in [0.4, 0.5) is 0 Å². The number of hydrogen-bond acceptors (Lipinski definition) is 3. The van der Waals surface area contributed by atoms with E-state index in [9.17, 15) is 14.4 Å². The largest absolute Gasteiger partial charge is 0.355 e. The monoisotopic (exact) mass is 481 g/mol. The number of nitrogens with one attached hydrogen (secondary N) is 1. The summed E-state index contributed by atoms with van der Waals surface area (Å²) in [6, 6.07) is 10.1. The first kappa shape index (κ1) is 27.0. The molecule has 1 N–H and O–H groups in total. The topological polar surface area (TPSA) is 69.7 Å². The number of piperidine rings is 1. The van der Waals surface area contributed by atoms with E-state index in [2.05, 4.69) is 44.3 Å². The molecule has 1 fully saturated rings. The Morgan fingerprint density at radius 2 is 1.77 bits per heavy atom. The van der Waals surface area contributed by atoms with Crippen molar-refractivity contribution in [2.45, 2.75) is 59.9 Å². The molecule has 1 saturated heterocycles. The van der Waals surface area contributed by atoms with Gasteiger partial charge in [-0.2, -0.15) is 0 Å². The zero-order valence-corrected chi connectivity index (χ0v) is 22.1. The summed E-state index contributed by atoms with van der Waals surface area (Å²) in [4.78, 5) is 41.0. The fourth-order valence-corrected chi connectivity index (χ4v) is 5.64. The van der Waals surface area contributed by atoms with Crippen molar-refractivity contribution in [3.63, 3.8) is 0 Å². The van der Waals surface area contributed by atoms with Crippen molar-refractivity contribution < 1.29 is 14.4 Å². The summed E-state index contributed by atoms with van der Waals surface area (Å²) in [6.07, 6.45) is 5.28. The zero-order valence-electron chi connectivity index (χ0n) is 22.1. The number of hydrogen-bond donors (Lipinski definition) is 1. The van der Waals surface area contributed by atoms with E-state index in [1.807, 2.05) is 35.0 Å². The van der Waals surface area contributed by atoms with E-state index in [0.717, 1.165) is 24.8 Å². The van der Waals surface area contributed by atoms with E-state index in [1.165, 1.54) is 5.57 Å². The van der Waals surface area contributed by atoms with Gasteiger partial charge in [0.2, 0.25) is 17.7 Å². The van der Waals surface area contributed by atoms with Crippen molar-refractivity contribution in [2.75, 3.05) is 26.7 Å². The average Bonchev–Trinajstić information content (AvgIpc) is 2.84. The highest BCUT2D eigenvalue weighted by atomic mass is 16.2. The van der Waals surface area contributed by atoms with Crippen LogP contribution in [0.5, 0.6) is 0 Å². The number of benzene rings is 1. The second kappa shape index (κ2) is 12.4. The molecule has 0 aromatic heterocycles. The van der Waals surface area contributed by atoms with Crippen molar-refractivity contribution >= 4 is 17.7 Å². The number of carbonyl (C=O) groups excluding carboxylic acids is 3. The van der Waals surface area contributed by atoms with E-state index in [0.29, 0.717) is 44.4 Å². The zero-order chi connectivity index (χ0) is 25.5. The summed E-state index contributed by atoms with van der Waals surface area (Å²) in [7, 11) is 1.89. The highest BCUT2D eigenvalue weighted by Gasteiger charge is 2.34. The quantitative estimate of drug-likeness (QED) is 0.564. The predicted octanol–water partition coefficient (Wildman–Crippen LogP) is 4.26. The Kier molecular flexibility index (Phi) is 9.53. The van der Waals surface area contributed by atoms with Crippen molar-refractivity contribution in [3.8, 4) is 0 Å². The molecule has 0 spiro atoms. The molecule has 6 nitrogen and oxygen atoms in total. The molecule has 3 rings (SSSR count). The fourth-order valence-electron chi connectivity index (χ4n) is 5.64. The van der Waals surface area contributed by atoms with E-state index >= 15 is 0 Å². The first-order valence-corrected chi connectivity index (χ1v) is 13.1. The highest BCUT2D eigenvalue weighted by Crippen LogP contribution is 2.39. The standard InChI is InChI=1S/C29H43N3O3/c1-20(2)27-16-25(17-28(34)31(5)19-23-9-7-6-8-10-23)21(3)15-26(27)18-30-29(35)24-11-13-32(14-12-24)22(4)33/h6-10,15,20,24-27H,11-14,16-19H2,1-5H3,(H,30,35). The molecule has 0 saturated carbocycles. The first-order chi connectivity index (χ1) is 16.7. The highest BCUT2D eigenvalue weighted by molar-refractivity contribution is 5.79. The van der Waals surface area contributed by atoms with E-state index in [-0.39, 0.29) is 35.5 Å². The van der Waals surface area contributed by atoms with Gasteiger partial charge in [-0.15, -0.1) is 0 Å². The number of carbonyl (C=O) groups is 3. The van der Waals surface area contributed by atoms with Crippen LogP contribution in [-0.4, -0.2) is 54.2 Å². The van der Waals surface area contributed by atoms with Crippen LogP contribution in [-0.2, 0) is 20.9 Å². The minimum absolute atomic E-state index is 0.0118. The minimum Gasteiger partial charge on any atom is -0.355 e. The average molecular weight is 482 g/mol. The molecule has 2 aliphatic rings. The molecule has 1 aliphatic carbocycles. The maximum atomic E-state index is 13.0. The van der Waals surface area contributed by atoms with Gasteiger partial charge in [-0.05, 0) is 55.4 Å². The summed E-state index contributed by atoms with van der Waals surface area (Å²) in [6.45, 7) is 10.8. The number of likely N-dealkylation sites (tertiary alicyclic amines) is 1. The van der Waals surface area contributed by atoms with E-state index < -0.39 is 0 Å². The molecule has 35 heavy (non-hydrogen) atoms. The van der Waals surface area contributed by atoms with Crippen LogP contribution in [0.3, 0.4) is 0 Å². The molecular formula is C29H43N3O3. The second-order valence-corrected chi connectivity index (χ2v) is 10.9. The van der Waals surface area contributed by atoms with E-state index in [4.69, 9.17) is 0 Å². The Bertz CT molecular complexity index is 903. The fraction of sp³-hybridized carbons (Fsp3) is 0.621. The van der Waals surface area contributed by atoms with Crippen LogP contribution in [0, 0.1) is 29.6 Å². The first-order valence-electron chi connectivity index (χ1n) is 13.1. The molecule has 192 valence electrons. The van der Waals surface area contributed by atoms with Crippen LogP contribution in [0.1, 0.15) is 58.9 Å². The normalized spacial score (nSPS) is 23.1. The van der Waals surface area contributed by atoms with Gasteiger partial charge < -0.3 is 15.1 Å². The van der Waals surface area contributed by atoms with Gasteiger partial charge in [-0.25, -0.2) is 0 Å². The molecule has 1 heterocycles. The SMILES string of the molecule is CC(=O)N1CCC(C(=O)NCC2C=C(C)C(CC(=O)N(C)Cc3ccccc3)CC2C(C)C)CC1. The Balaban J connectivity index is 1.55. The number of amides is 3. The third kappa shape index (κ3) is 7.42. The Morgan fingerprint density at radius 1 is 1.11 bits per heavy atom. The smallest absolute Gasteiger partial charge is 0.223 e. The number of allylic oxidation sites excluding steroid dienone is 1. The molecular weight excluding hydrogens is 438 g/mol. The van der Waals surface area contributed by atoms with Crippen molar-refractivity contribution in [1.29, 1.82) is 0 Å². The van der Waals surface area contributed by atoms with Gasteiger partial charge in [-0.1, -0.05) is 55.8 Å². The molecule has 1 aromatic carbocycles. The molecule has 3 atom stereocenters. The Hall–Kier alpha value is -2.63. The van der Waals surface area contributed by atoms with Crippen molar-refractivity contribution in [1.82, 2.24) is 15.1 Å². The maximum absolute atomic E-state index is 13.0. The molecule has 0 radical (unpaired) electrons. The molecule has 1 aromatic rings. The van der Waals surface area contributed by atoms with Gasteiger partial charge in [0.1, 0.15) is 0 Å². The molecule has 6 heteroatoms. The van der Waals surface area contributed by atoms with Gasteiger partial charge in [-0.3, -0.25) is 14.4 Å².